The molecule has 0 radical (unpaired) electrons. The minimum absolute atomic E-state index is 0.0972. The van der Waals surface area contributed by atoms with Gasteiger partial charge in [-0.2, -0.15) is 8.78 Å². The number of halogens is 2. The minimum atomic E-state index is -2.79. The highest BCUT2D eigenvalue weighted by Crippen LogP contribution is 2.44. The standard InChI is InChI=1S/C21H26F2N4O/c1-26(2)20-24-12-16-8-10-21(18(16)25-20)9-3-11-27(14-21)13-15-4-6-17(7-5-15)28-19(22)23/h4-7,12,19H,3,8-11,13-14H2,1-2H3. The first-order valence-corrected chi connectivity index (χ1v) is 9.75. The van der Waals surface area contributed by atoms with Crippen LogP contribution in [0.1, 0.15) is 36.1 Å². The molecule has 28 heavy (non-hydrogen) atoms. The van der Waals surface area contributed by atoms with Crippen LogP contribution in [0.2, 0.25) is 0 Å². The number of nitrogens with zero attached hydrogens (tertiary/aromatic N) is 4. The van der Waals surface area contributed by atoms with E-state index >= 15 is 0 Å². The first-order chi connectivity index (χ1) is 13.4. The zero-order chi connectivity index (χ0) is 19.7. The third-order valence-electron chi connectivity index (χ3n) is 5.84. The second-order valence-corrected chi connectivity index (χ2v) is 8.06. The van der Waals surface area contributed by atoms with Gasteiger partial charge >= 0.3 is 6.61 Å². The Hall–Kier alpha value is -2.28. The summed E-state index contributed by atoms with van der Waals surface area (Å²) >= 11 is 0. The van der Waals surface area contributed by atoms with Crippen LogP contribution in [-0.4, -0.2) is 48.7 Å². The molecule has 2 aliphatic rings. The second-order valence-electron chi connectivity index (χ2n) is 8.06. The molecule has 2 aromatic rings. The molecule has 1 atom stereocenters. The smallest absolute Gasteiger partial charge is 0.387 e. The van der Waals surface area contributed by atoms with Crippen molar-refractivity contribution in [3.05, 3.63) is 47.3 Å². The van der Waals surface area contributed by atoms with E-state index in [2.05, 4.69) is 14.6 Å². The molecular weight excluding hydrogens is 362 g/mol. The van der Waals surface area contributed by atoms with Crippen molar-refractivity contribution in [2.24, 2.45) is 0 Å². The number of aromatic nitrogens is 2. The Morgan fingerprint density at radius 2 is 2.00 bits per heavy atom. The summed E-state index contributed by atoms with van der Waals surface area (Å²) in [6.45, 7) is 0.0266. The lowest BCUT2D eigenvalue weighted by Gasteiger charge is -2.40. The van der Waals surface area contributed by atoms with Crippen LogP contribution >= 0.6 is 0 Å². The highest BCUT2D eigenvalue weighted by Gasteiger charge is 2.43. The van der Waals surface area contributed by atoms with E-state index in [0.717, 1.165) is 56.8 Å². The number of aryl methyl sites for hydroxylation is 1. The van der Waals surface area contributed by atoms with Gasteiger partial charge in [0, 0.05) is 38.8 Å². The van der Waals surface area contributed by atoms with Crippen LogP contribution in [0.15, 0.2) is 30.5 Å². The summed E-state index contributed by atoms with van der Waals surface area (Å²) in [7, 11) is 3.94. The molecule has 0 amide bonds. The number of rotatable bonds is 5. The molecular formula is C21H26F2N4O. The summed E-state index contributed by atoms with van der Waals surface area (Å²) in [5.74, 6) is 0.971. The van der Waals surface area contributed by atoms with Crippen LogP contribution in [0.5, 0.6) is 5.75 Å². The highest BCUT2D eigenvalue weighted by atomic mass is 19.3. The van der Waals surface area contributed by atoms with E-state index in [1.165, 1.54) is 11.3 Å². The lowest BCUT2D eigenvalue weighted by molar-refractivity contribution is -0.0498. The van der Waals surface area contributed by atoms with Crippen molar-refractivity contribution in [1.82, 2.24) is 14.9 Å². The fraction of sp³-hybridized carbons (Fsp3) is 0.524. The topological polar surface area (TPSA) is 41.5 Å². The van der Waals surface area contributed by atoms with E-state index < -0.39 is 6.61 Å². The van der Waals surface area contributed by atoms with Gasteiger partial charge in [0.05, 0.1) is 5.69 Å². The second kappa shape index (κ2) is 7.62. The Bertz CT molecular complexity index is 824. The minimum Gasteiger partial charge on any atom is -0.435 e. The van der Waals surface area contributed by atoms with Crippen LogP contribution in [0.25, 0.3) is 0 Å². The van der Waals surface area contributed by atoms with Gasteiger partial charge in [0.25, 0.3) is 0 Å². The van der Waals surface area contributed by atoms with E-state index in [0.29, 0.717) is 0 Å². The Balaban J connectivity index is 1.49. The molecule has 7 heteroatoms. The molecule has 1 aromatic heterocycles. The number of anilines is 1. The third kappa shape index (κ3) is 3.81. The Morgan fingerprint density at radius 1 is 1.21 bits per heavy atom. The fourth-order valence-corrected chi connectivity index (χ4v) is 4.54. The van der Waals surface area contributed by atoms with Crippen LogP contribution in [0.4, 0.5) is 14.7 Å². The molecule has 1 unspecified atom stereocenters. The van der Waals surface area contributed by atoms with Crippen LogP contribution in [0, 0.1) is 0 Å². The van der Waals surface area contributed by atoms with E-state index in [1.807, 2.05) is 37.3 Å². The monoisotopic (exact) mass is 388 g/mol. The zero-order valence-corrected chi connectivity index (χ0v) is 16.4. The summed E-state index contributed by atoms with van der Waals surface area (Å²) in [5, 5.41) is 0. The number of hydrogen-bond donors (Lipinski definition) is 0. The molecule has 0 bridgehead atoms. The van der Waals surface area contributed by atoms with Gasteiger partial charge in [-0.05, 0) is 55.5 Å². The van der Waals surface area contributed by atoms with Crippen molar-refractivity contribution in [2.75, 3.05) is 32.1 Å². The largest absolute Gasteiger partial charge is 0.435 e. The van der Waals surface area contributed by atoms with E-state index in [4.69, 9.17) is 4.98 Å². The quantitative estimate of drug-likeness (QED) is 0.783. The van der Waals surface area contributed by atoms with Gasteiger partial charge in [-0.1, -0.05) is 12.1 Å². The molecule has 1 aliphatic carbocycles. The molecule has 2 heterocycles. The maximum Gasteiger partial charge on any atom is 0.387 e. The molecule has 5 nitrogen and oxygen atoms in total. The average Bonchev–Trinajstić information content (AvgIpc) is 3.00. The van der Waals surface area contributed by atoms with Crippen molar-refractivity contribution in [1.29, 1.82) is 0 Å². The van der Waals surface area contributed by atoms with Crippen molar-refractivity contribution < 1.29 is 13.5 Å². The van der Waals surface area contributed by atoms with Gasteiger partial charge in [0.1, 0.15) is 5.75 Å². The number of likely N-dealkylation sites (tertiary alicyclic amines) is 1. The van der Waals surface area contributed by atoms with Gasteiger partial charge in [-0.3, -0.25) is 4.90 Å². The van der Waals surface area contributed by atoms with Crippen molar-refractivity contribution in [2.45, 2.75) is 44.3 Å². The van der Waals surface area contributed by atoms with Gasteiger partial charge in [-0.25, -0.2) is 9.97 Å². The summed E-state index contributed by atoms with van der Waals surface area (Å²) in [6, 6.07) is 6.97. The lowest BCUT2D eigenvalue weighted by Crippen LogP contribution is -2.45. The molecule has 150 valence electrons. The summed E-state index contributed by atoms with van der Waals surface area (Å²) in [6.07, 6.45) is 6.43. The zero-order valence-electron chi connectivity index (χ0n) is 16.4. The first-order valence-electron chi connectivity index (χ1n) is 9.75. The van der Waals surface area contributed by atoms with Gasteiger partial charge in [0.2, 0.25) is 5.95 Å². The van der Waals surface area contributed by atoms with Crippen molar-refractivity contribution in [3.63, 3.8) is 0 Å². The molecule has 0 saturated carbocycles. The number of alkyl halides is 2. The molecule has 1 aliphatic heterocycles. The van der Waals surface area contributed by atoms with Crippen molar-refractivity contribution >= 4 is 5.95 Å². The highest BCUT2D eigenvalue weighted by molar-refractivity contribution is 5.39. The van der Waals surface area contributed by atoms with Gasteiger partial charge in [0.15, 0.2) is 0 Å². The number of benzene rings is 1. The Morgan fingerprint density at radius 3 is 2.71 bits per heavy atom. The number of ether oxygens (including phenoxy) is 1. The molecule has 0 N–H and O–H groups in total. The third-order valence-corrected chi connectivity index (χ3v) is 5.84. The fourth-order valence-electron chi connectivity index (χ4n) is 4.54. The first kappa shape index (κ1) is 19.1. The van der Waals surface area contributed by atoms with Gasteiger partial charge < -0.3 is 9.64 Å². The molecule has 1 aromatic carbocycles. The van der Waals surface area contributed by atoms with E-state index in [1.54, 1.807) is 12.1 Å². The SMILES string of the molecule is CN(C)c1ncc2c(n1)C1(CCCN(Cc3ccc(OC(F)F)cc3)C1)CC2. The van der Waals surface area contributed by atoms with Gasteiger partial charge in [-0.15, -0.1) is 0 Å². The molecule has 4 rings (SSSR count). The summed E-state index contributed by atoms with van der Waals surface area (Å²) < 4.78 is 29.1. The number of fused-ring (bicyclic) bond motifs is 2. The number of hydrogen-bond acceptors (Lipinski definition) is 5. The molecule has 1 spiro atoms. The average molecular weight is 388 g/mol. The van der Waals surface area contributed by atoms with Crippen LogP contribution < -0.4 is 9.64 Å². The maximum atomic E-state index is 12.3. The summed E-state index contributed by atoms with van der Waals surface area (Å²) in [4.78, 5) is 13.8. The Labute approximate surface area is 164 Å². The number of piperidine rings is 1. The maximum absolute atomic E-state index is 12.3. The van der Waals surface area contributed by atoms with E-state index in [9.17, 15) is 8.78 Å². The van der Waals surface area contributed by atoms with Crippen molar-refractivity contribution in [3.8, 4) is 5.75 Å². The molecule has 1 saturated heterocycles. The molecule has 1 fully saturated rings. The van der Waals surface area contributed by atoms with E-state index in [-0.39, 0.29) is 11.2 Å². The lowest BCUT2D eigenvalue weighted by atomic mass is 9.77. The Kier molecular flexibility index (Phi) is 5.19. The summed E-state index contributed by atoms with van der Waals surface area (Å²) in [5.41, 5.74) is 3.70. The predicted molar refractivity (Wildman–Crippen MR) is 104 cm³/mol. The predicted octanol–water partition coefficient (Wildman–Crippen LogP) is 3.62. The van der Waals surface area contributed by atoms with Crippen LogP contribution in [-0.2, 0) is 18.4 Å². The van der Waals surface area contributed by atoms with Crippen LogP contribution in [0.3, 0.4) is 0 Å². The normalized spacial score (nSPS) is 21.9.